The van der Waals surface area contributed by atoms with E-state index in [1.165, 1.54) is 11.1 Å². The van der Waals surface area contributed by atoms with Gasteiger partial charge in [0.2, 0.25) is 0 Å². The molecule has 0 aliphatic heterocycles. The molecule has 2 aliphatic carbocycles. The van der Waals surface area contributed by atoms with Gasteiger partial charge in [0.15, 0.2) is 5.78 Å². The van der Waals surface area contributed by atoms with Gasteiger partial charge in [0.1, 0.15) is 5.82 Å². The van der Waals surface area contributed by atoms with E-state index in [2.05, 4.69) is 41.7 Å². The van der Waals surface area contributed by atoms with Crippen LogP contribution in [-0.2, 0) is 17.6 Å². The van der Waals surface area contributed by atoms with Crippen molar-refractivity contribution in [3.8, 4) is 11.3 Å². The predicted molar refractivity (Wildman–Crippen MR) is 104 cm³/mol. The number of anilines is 1. The number of rotatable bonds is 5. The highest BCUT2D eigenvalue weighted by atomic mass is 16.1. The van der Waals surface area contributed by atoms with Gasteiger partial charge in [-0.3, -0.25) is 4.79 Å². The van der Waals surface area contributed by atoms with Crippen molar-refractivity contribution in [1.29, 1.82) is 0 Å². The van der Waals surface area contributed by atoms with E-state index in [-0.39, 0.29) is 12.3 Å². The van der Waals surface area contributed by atoms with Crippen LogP contribution in [-0.4, -0.2) is 22.3 Å². The van der Waals surface area contributed by atoms with Gasteiger partial charge in [-0.15, -0.1) is 0 Å². The summed E-state index contributed by atoms with van der Waals surface area (Å²) in [4.78, 5) is 21.8. The maximum atomic E-state index is 12.3. The minimum absolute atomic E-state index is 0.173. The molecule has 0 fully saturated rings. The molecule has 0 saturated heterocycles. The van der Waals surface area contributed by atoms with Gasteiger partial charge in [-0.2, -0.15) is 0 Å². The lowest BCUT2D eigenvalue weighted by molar-refractivity contribution is -0.116. The summed E-state index contributed by atoms with van der Waals surface area (Å²) in [5.74, 6) is 0.900. The topological polar surface area (TPSA) is 54.9 Å². The second-order valence-electron chi connectivity index (χ2n) is 6.94. The van der Waals surface area contributed by atoms with Gasteiger partial charge < -0.3 is 5.32 Å². The van der Waals surface area contributed by atoms with Crippen LogP contribution in [0.3, 0.4) is 0 Å². The Morgan fingerprint density at radius 1 is 1.15 bits per heavy atom. The zero-order valence-corrected chi connectivity index (χ0v) is 15.1. The maximum absolute atomic E-state index is 12.3. The molecule has 4 rings (SSSR count). The average molecular weight is 345 g/mol. The van der Waals surface area contributed by atoms with Gasteiger partial charge in [-0.25, -0.2) is 9.97 Å². The fraction of sp³-hybridized carbons (Fsp3) is 0.318. The van der Waals surface area contributed by atoms with Crippen molar-refractivity contribution in [3.05, 3.63) is 65.0 Å². The molecule has 1 heterocycles. The SMILES string of the molecule is Cc1nc2c(nc1NCC(=O)CC1=CCCC=C1)CCc1ccccc1-2. The smallest absolute Gasteiger partial charge is 0.156 e. The largest absolute Gasteiger partial charge is 0.361 e. The van der Waals surface area contributed by atoms with Crippen molar-refractivity contribution in [2.45, 2.75) is 39.0 Å². The number of nitrogens with one attached hydrogen (secondary N) is 1. The average Bonchev–Trinajstić information content (AvgIpc) is 2.67. The molecule has 0 radical (unpaired) electrons. The van der Waals surface area contributed by atoms with Crippen LogP contribution in [0, 0.1) is 6.92 Å². The Kier molecular flexibility index (Phi) is 4.65. The summed E-state index contributed by atoms with van der Waals surface area (Å²) in [6, 6.07) is 8.39. The number of carbonyl (C=O) groups excluding carboxylic acids is 1. The first-order valence-corrected chi connectivity index (χ1v) is 9.27. The normalized spacial score (nSPS) is 15.0. The molecule has 132 valence electrons. The molecular formula is C22H23N3O. The molecule has 0 unspecified atom stereocenters. The molecule has 4 heteroatoms. The van der Waals surface area contributed by atoms with Crippen LogP contribution in [0.1, 0.15) is 36.2 Å². The molecule has 0 spiro atoms. The zero-order valence-electron chi connectivity index (χ0n) is 15.1. The van der Waals surface area contributed by atoms with Gasteiger partial charge in [0, 0.05) is 12.0 Å². The summed E-state index contributed by atoms with van der Waals surface area (Å²) in [6.45, 7) is 2.24. The van der Waals surface area contributed by atoms with E-state index in [9.17, 15) is 4.79 Å². The lowest BCUT2D eigenvalue weighted by atomic mass is 9.92. The van der Waals surface area contributed by atoms with Crippen molar-refractivity contribution in [2.75, 3.05) is 11.9 Å². The van der Waals surface area contributed by atoms with E-state index >= 15 is 0 Å². The van der Waals surface area contributed by atoms with Crippen molar-refractivity contribution in [3.63, 3.8) is 0 Å². The number of Topliss-reactive ketones (excluding diaryl/α,β-unsaturated/α-hetero) is 1. The molecule has 0 amide bonds. The standard InChI is InChI=1S/C22H23N3O/c1-15-22(23-14-18(26)13-16-7-3-2-4-8-16)25-20-12-11-17-9-5-6-10-19(17)21(20)24-15/h3,5-10H,2,4,11-14H2,1H3,(H,23,25). The number of aromatic nitrogens is 2. The van der Waals surface area contributed by atoms with E-state index in [4.69, 9.17) is 9.97 Å². The van der Waals surface area contributed by atoms with Gasteiger partial charge >= 0.3 is 0 Å². The Labute approximate surface area is 154 Å². The Morgan fingerprint density at radius 3 is 2.88 bits per heavy atom. The molecule has 26 heavy (non-hydrogen) atoms. The number of fused-ring (bicyclic) bond motifs is 3. The van der Waals surface area contributed by atoms with Crippen LogP contribution >= 0.6 is 0 Å². The monoisotopic (exact) mass is 345 g/mol. The summed E-state index contributed by atoms with van der Waals surface area (Å²) in [7, 11) is 0. The fourth-order valence-electron chi connectivity index (χ4n) is 3.61. The number of hydrogen-bond acceptors (Lipinski definition) is 4. The maximum Gasteiger partial charge on any atom is 0.156 e. The van der Waals surface area contributed by atoms with Crippen molar-refractivity contribution >= 4 is 11.6 Å². The number of hydrogen-bond donors (Lipinski definition) is 1. The summed E-state index contributed by atoms with van der Waals surface area (Å²) in [5, 5.41) is 3.20. The summed E-state index contributed by atoms with van der Waals surface area (Å²) in [6.07, 6.45) is 10.8. The molecule has 2 aliphatic rings. The van der Waals surface area contributed by atoms with Crippen LogP contribution in [0.15, 0.2) is 48.1 Å². The van der Waals surface area contributed by atoms with Crippen molar-refractivity contribution < 1.29 is 4.79 Å². The molecule has 2 aromatic rings. The van der Waals surface area contributed by atoms with E-state index in [1.807, 2.05) is 13.0 Å². The Balaban J connectivity index is 1.48. The van der Waals surface area contributed by atoms with E-state index in [0.29, 0.717) is 6.42 Å². The van der Waals surface area contributed by atoms with Crippen LogP contribution in [0.2, 0.25) is 0 Å². The molecule has 4 nitrogen and oxygen atoms in total. The quantitative estimate of drug-likeness (QED) is 0.882. The second-order valence-corrected chi connectivity index (χ2v) is 6.94. The van der Waals surface area contributed by atoms with E-state index in [1.54, 1.807) is 0 Å². The molecule has 1 aromatic carbocycles. The molecule has 1 N–H and O–H groups in total. The fourth-order valence-corrected chi connectivity index (χ4v) is 3.61. The third-order valence-electron chi connectivity index (χ3n) is 4.97. The predicted octanol–water partition coefficient (Wildman–Crippen LogP) is 4.20. The van der Waals surface area contributed by atoms with E-state index < -0.39 is 0 Å². The van der Waals surface area contributed by atoms with Crippen molar-refractivity contribution in [1.82, 2.24) is 9.97 Å². The third kappa shape index (κ3) is 3.45. The van der Waals surface area contributed by atoms with Gasteiger partial charge in [-0.05, 0) is 43.7 Å². The van der Waals surface area contributed by atoms with Gasteiger partial charge in [-0.1, -0.05) is 42.5 Å². The zero-order chi connectivity index (χ0) is 17.9. The van der Waals surface area contributed by atoms with Gasteiger partial charge in [0.05, 0.1) is 23.6 Å². The van der Waals surface area contributed by atoms with Crippen molar-refractivity contribution in [2.24, 2.45) is 0 Å². The first-order valence-electron chi connectivity index (χ1n) is 9.27. The summed E-state index contributed by atoms with van der Waals surface area (Å²) in [5.41, 5.74) is 6.47. The molecule has 1 aromatic heterocycles. The van der Waals surface area contributed by atoms with Crippen LogP contribution < -0.4 is 5.32 Å². The second kappa shape index (κ2) is 7.24. The highest BCUT2D eigenvalue weighted by Crippen LogP contribution is 2.32. The summed E-state index contributed by atoms with van der Waals surface area (Å²) >= 11 is 0. The number of carbonyl (C=O) groups is 1. The highest BCUT2D eigenvalue weighted by molar-refractivity contribution is 5.85. The number of aryl methyl sites for hydroxylation is 3. The number of nitrogens with zero attached hydrogens (tertiary/aromatic N) is 2. The molecule has 0 saturated carbocycles. The minimum atomic E-state index is 0.173. The number of ketones is 1. The summed E-state index contributed by atoms with van der Waals surface area (Å²) < 4.78 is 0. The Morgan fingerprint density at radius 2 is 2.04 bits per heavy atom. The third-order valence-corrected chi connectivity index (χ3v) is 4.97. The highest BCUT2D eigenvalue weighted by Gasteiger charge is 2.20. The number of allylic oxidation sites excluding steroid dienone is 4. The first kappa shape index (κ1) is 16.7. The first-order chi connectivity index (χ1) is 12.7. The van der Waals surface area contributed by atoms with Crippen LogP contribution in [0.5, 0.6) is 0 Å². The Bertz CT molecular complexity index is 912. The lowest BCUT2D eigenvalue weighted by Crippen LogP contribution is -2.18. The molecular weight excluding hydrogens is 322 g/mol. The Hall–Kier alpha value is -2.75. The minimum Gasteiger partial charge on any atom is -0.361 e. The van der Waals surface area contributed by atoms with Gasteiger partial charge in [0.25, 0.3) is 0 Å². The molecule has 0 bridgehead atoms. The van der Waals surface area contributed by atoms with Crippen LogP contribution in [0.4, 0.5) is 5.82 Å². The van der Waals surface area contributed by atoms with Crippen LogP contribution in [0.25, 0.3) is 11.3 Å². The molecule has 0 atom stereocenters. The van der Waals surface area contributed by atoms with E-state index in [0.717, 1.165) is 54.2 Å². The number of benzene rings is 1. The lowest BCUT2D eigenvalue weighted by Gasteiger charge is -2.20.